The van der Waals surface area contributed by atoms with Crippen LogP contribution < -0.4 is 10.1 Å². The summed E-state index contributed by atoms with van der Waals surface area (Å²) < 4.78 is 40.8. The fourth-order valence-corrected chi connectivity index (χ4v) is 2.32. The lowest BCUT2D eigenvalue weighted by Crippen LogP contribution is -2.27. The zero-order chi connectivity index (χ0) is 16.9. The largest absolute Gasteiger partial charge is 0.573 e. The molecule has 0 heterocycles. The van der Waals surface area contributed by atoms with Gasteiger partial charge in [0.15, 0.2) is 0 Å². The lowest BCUT2D eigenvalue weighted by molar-refractivity contribution is -0.274. The fourth-order valence-electron chi connectivity index (χ4n) is 2.32. The molecule has 3 nitrogen and oxygen atoms in total. The van der Waals surface area contributed by atoms with Crippen molar-refractivity contribution in [2.24, 2.45) is 0 Å². The van der Waals surface area contributed by atoms with Crippen molar-refractivity contribution in [2.45, 2.75) is 25.4 Å². The van der Waals surface area contributed by atoms with Crippen LogP contribution in [0.1, 0.15) is 30.1 Å². The van der Waals surface area contributed by atoms with Gasteiger partial charge in [-0.25, -0.2) is 0 Å². The molecule has 0 aliphatic carbocycles. The average Bonchev–Trinajstić information content (AvgIpc) is 2.52. The van der Waals surface area contributed by atoms with E-state index in [0.29, 0.717) is 5.56 Å². The van der Waals surface area contributed by atoms with E-state index in [9.17, 15) is 18.3 Å². The summed E-state index contributed by atoms with van der Waals surface area (Å²) in [4.78, 5) is 0. The Morgan fingerprint density at radius 1 is 1.04 bits per heavy atom. The van der Waals surface area contributed by atoms with Gasteiger partial charge in [0.05, 0.1) is 12.6 Å². The summed E-state index contributed by atoms with van der Waals surface area (Å²) in [6, 6.07) is 14.6. The number of hydrogen-bond acceptors (Lipinski definition) is 3. The molecule has 0 aliphatic rings. The summed E-state index contributed by atoms with van der Waals surface area (Å²) in [5, 5.41) is 12.7. The van der Waals surface area contributed by atoms with E-state index in [2.05, 4.69) is 10.1 Å². The minimum Gasteiger partial charge on any atom is -0.406 e. The van der Waals surface area contributed by atoms with Gasteiger partial charge in [0.25, 0.3) is 0 Å². The lowest BCUT2D eigenvalue weighted by Gasteiger charge is -2.23. The van der Waals surface area contributed by atoms with Crippen molar-refractivity contribution in [1.29, 1.82) is 0 Å². The van der Waals surface area contributed by atoms with Gasteiger partial charge in [0.1, 0.15) is 5.75 Å². The van der Waals surface area contributed by atoms with Gasteiger partial charge in [0.2, 0.25) is 0 Å². The van der Waals surface area contributed by atoms with Crippen LogP contribution in [-0.4, -0.2) is 18.1 Å². The number of aliphatic hydroxyl groups excluding tert-OH is 1. The van der Waals surface area contributed by atoms with Gasteiger partial charge in [0, 0.05) is 6.04 Å². The predicted molar refractivity (Wildman–Crippen MR) is 80.9 cm³/mol. The van der Waals surface area contributed by atoms with Crippen LogP contribution >= 0.6 is 0 Å². The Morgan fingerprint density at radius 2 is 1.70 bits per heavy atom. The molecule has 0 fully saturated rings. The van der Waals surface area contributed by atoms with E-state index >= 15 is 0 Å². The van der Waals surface area contributed by atoms with E-state index in [1.165, 1.54) is 18.2 Å². The van der Waals surface area contributed by atoms with Crippen LogP contribution in [0, 0.1) is 0 Å². The molecule has 0 aliphatic heterocycles. The summed E-state index contributed by atoms with van der Waals surface area (Å²) in [6.45, 7) is 1.70. The van der Waals surface area contributed by atoms with Crippen LogP contribution in [0.15, 0.2) is 54.6 Å². The van der Waals surface area contributed by atoms with Crippen LogP contribution in [0.2, 0.25) is 0 Å². The molecule has 2 aromatic carbocycles. The Morgan fingerprint density at radius 3 is 2.30 bits per heavy atom. The number of rotatable bonds is 6. The zero-order valence-electron chi connectivity index (χ0n) is 12.5. The third-order valence-electron chi connectivity index (χ3n) is 3.43. The van der Waals surface area contributed by atoms with Crippen molar-refractivity contribution in [1.82, 2.24) is 5.32 Å². The summed E-state index contributed by atoms with van der Waals surface area (Å²) in [7, 11) is 0. The molecular formula is C17H18F3NO2. The van der Waals surface area contributed by atoms with E-state index in [1.807, 2.05) is 37.3 Å². The molecule has 124 valence electrons. The first-order chi connectivity index (χ1) is 10.9. The molecule has 0 spiro atoms. The molecule has 0 amide bonds. The van der Waals surface area contributed by atoms with Crippen molar-refractivity contribution < 1.29 is 23.0 Å². The van der Waals surface area contributed by atoms with Crippen molar-refractivity contribution in [3.8, 4) is 5.75 Å². The topological polar surface area (TPSA) is 41.5 Å². The van der Waals surface area contributed by atoms with Gasteiger partial charge in [-0.1, -0.05) is 42.5 Å². The van der Waals surface area contributed by atoms with Crippen molar-refractivity contribution >= 4 is 0 Å². The number of hydrogen-bond donors (Lipinski definition) is 2. The van der Waals surface area contributed by atoms with Gasteiger partial charge in [-0.05, 0) is 30.2 Å². The molecule has 2 unspecified atom stereocenters. The second-order valence-electron chi connectivity index (χ2n) is 5.15. The third kappa shape index (κ3) is 5.26. The Balaban J connectivity index is 2.10. The number of aliphatic hydroxyl groups is 1. The van der Waals surface area contributed by atoms with Gasteiger partial charge in [-0.2, -0.15) is 0 Å². The molecule has 2 aromatic rings. The lowest BCUT2D eigenvalue weighted by atomic mass is 10.0. The number of benzene rings is 2. The van der Waals surface area contributed by atoms with Gasteiger partial charge in [-0.15, -0.1) is 13.2 Å². The Bertz CT molecular complexity index is 617. The second-order valence-corrected chi connectivity index (χ2v) is 5.15. The summed E-state index contributed by atoms with van der Waals surface area (Å²) >= 11 is 0. The third-order valence-corrected chi connectivity index (χ3v) is 3.43. The van der Waals surface area contributed by atoms with E-state index in [-0.39, 0.29) is 24.4 Å². The average molecular weight is 325 g/mol. The van der Waals surface area contributed by atoms with Crippen LogP contribution in [-0.2, 0) is 0 Å². The molecule has 0 saturated heterocycles. The van der Waals surface area contributed by atoms with Crippen LogP contribution in [0.25, 0.3) is 0 Å². The second kappa shape index (κ2) is 7.48. The highest BCUT2D eigenvalue weighted by molar-refractivity contribution is 5.31. The maximum absolute atomic E-state index is 12.3. The zero-order valence-corrected chi connectivity index (χ0v) is 12.5. The summed E-state index contributed by atoms with van der Waals surface area (Å²) in [6.07, 6.45) is -4.72. The minimum atomic E-state index is -4.72. The highest BCUT2D eigenvalue weighted by Crippen LogP contribution is 2.26. The molecule has 2 atom stereocenters. The SMILES string of the molecule is CC(NC(CO)c1ccccc1)c1cccc(OC(F)(F)F)c1. The Labute approximate surface area is 132 Å². The fraction of sp³-hybridized carbons (Fsp3) is 0.294. The maximum atomic E-state index is 12.3. The molecule has 2 rings (SSSR count). The standard InChI is InChI=1S/C17H18F3NO2/c1-12(21-16(11-22)13-6-3-2-4-7-13)14-8-5-9-15(10-14)23-17(18,19)20/h2-10,12,16,21-22H,11H2,1H3. The normalized spacial score (nSPS) is 14.3. The molecule has 23 heavy (non-hydrogen) atoms. The molecular weight excluding hydrogens is 307 g/mol. The smallest absolute Gasteiger partial charge is 0.406 e. The van der Waals surface area contributed by atoms with E-state index in [4.69, 9.17) is 0 Å². The quantitative estimate of drug-likeness (QED) is 0.844. The predicted octanol–water partition coefficient (Wildman–Crippen LogP) is 3.97. The summed E-state index contributed by atoms with van der Waals surface area (Å²) in [5.74, 6) is -0.260. The number of nitrogens with one attached hydrogen (secondary N) is 1. The Kier molecular flexibility index (Phi) is 5.63. The van der Waals surface area contributed by atoms with E-state index in [0.717, 1.165) is 5.56 Å². The molecule has 0 saturated carbocycles. The number of halogens is 3. The molecule has 0 radical (unpaired) electrons. The van der Waals surface area contributed by atoms with Crippen LogP contribution in [0.4, 0.5) is 13.2 Å². The Hall–Kier alpha value is -2.05. The van der Waals surface area contributed by atoms with Gasteiger partial charge >= 0.3 is 6.36 Å². The highest BCUT2D eigenvalue weighted by Gasteiger charge is 2.31. The first-order valence-corrected chi connectivity index (χ1v) is 7.16. The molecule has 0 bridgehead atoms. The number of ether oxygens (including phenoxy) is 1. The molecule has 6 heteroatoms. The minimum absolute atomic E-state index is 0.118. The van der Waals surface area contributed by atoms with Gasteiger partial charge in [-0.3, -0.25) is 0 Å². The molecule has 2 N–H and O–H groups in total. The number of alkyl halides is 3. The van der Waals surface area contributed by atoms with E-state index < -0.39 is 6.36 Å². The van der Waals surface area contributed by atoms with Gasteiger partial charge < -0.3 is 15.2 Å². The van der Waals surface area contributed by atoms with Crippen LogP contribution in [0.3, 0.4) is 0 Å². The van der Waals surface area contributed by atoms with E-state index in [1.54, 1.807) is 6.07 Å². The monoisotopic (exact) mass is 325 g/mol. The van der Waals surface area contributed by atoms with Crippen LogP contribution in [0.5, 0.6) is 5.75 Å². The summed E-state index contributed by atoms with van der Waals surface area (Å²) in [5.41, 5.74) is 1.55. The highest BCUT2D eigenvalue weighted by atomic mass is 19.4. The first kappa shape index (κ1) is 17.3. The van der Waals surface area contributed by atoms with Crippen molar-refractivity contribution in [3.63, 3.8) is 0 Å². The molecule has 0 aromatic heterocycles. The first-order valence-electron chi connectivity index (χ1n) is 7.16. The van der Waals surface area contributed by atoms with Crippen molar-refractivity contribution in [2.75, 3.05) is 6.61 Å². The maximum Gasteiger partial charge on any atom is 0.573 e. The van der Waals surface area contributed by atoms with Crippen molar-refractivity contribution in [3.05, 3.63) is 65.7 Å².